The average Bonchev–Trinajstić information content (AvgIpc) is 2.67. The zero-order valence-corrected chi connectivity index (χ0v) is 16.5. The number of benzene rings is 2. The van der Waals surface area contributed by atoms with Gasteiger partial charge >= 0.3 is 0 Å². The Morgan fingerprint density at radius 2 is 1.68 bits per heavy atom. The second-order valence-corrected chi connectivity index (χ2v) is 7.61. The molecule has 0 aliphatic heterocycles. The van der Waals surface area contributed by atoms with Crippen LogP contribution in [0.1, 0.15) is 31.9 Å². The Kier molecular flexibility index (Phi) is 7.53. The van der Waals surface area contributed by atoms with Crippen molar-refractivity contribution >= 4 is 21.8 Å². The maximum absolute atomic E-state index is 12.3. The second-order valence-electron chi connectivity index (χ2n) is 5.93. The monoisotopic (exact) mass is 405 g/mol. The van der Waals surface area contributed by atoms with E-state index in [1.54, 1.807) is 24.3 Å². The van der Waals surface area contributed by atoms with Crippen LogP contribution < -0.4 is 20.3 Å². The SMILES string of the molecule is CCOc1ccc(S(=O)(=O)NNC(=O)C[C@H](NC(C)=O)c2ccccc2)cc1. The van der Waals surface area contributed by atoms with E-state index in [0.717, 1.165) is 5.56 Å². The summed E-state index contributed by atoms with van der Waals surface area (Å²) in [5, 5.41) is 2.68. The lowest BCUT2D eigenvalue weighted by molar-refractivity contribution is -0.123. The molecule has 0 saturated heterocycles. The fraction of sp³-hybridized carbons (Fsp3) is 0.263. The number of carbonyl (C=O) groups excluding carboxylic acids is 2. The molecule has 2 aromatic carbocycles. The van der Waals surface area contributed by atoms with Gasteiger partial charge in [-0.1, -0.05) is 30.3 Å². The van der Waals surface area contributed by atoms with Crippen LogP contribution >= 0.6 is 0 Å². The van der Waals surface area contributed by atoms with Crippen LogP contribution in [0.5, 0.6) is 5.75 Å². The van der Waals surface area contributed by atoms with Crippen molar-refractivity contribution in [3.63, 3.8) is 0 Å². The molecule has 150 valence electrons. The van der Waals surface area contributed by atoms with E-state index in [2.05, 4.69) is 15.6 Å². The van der Waals surface area contributed by atoms with Crippen molar-refractivity contribution in [1.29, 1.82) is 0 Å². The van der Waals surface area contributed by atoms with Crippen LogP contribution in [0.3, 0.4) is 0 Å². The van der Waals surface area contributed by atoms with E-state index in [1.165, 1.54) is 31.2 Å². The van der Waals surface area contributed by atoms with Gasteiger partial charge in [0, 0.05) is 6.92 Å². The number of sulfonamides is 1. The van der Waals surface area contributed by atoms with E-state index in [-0.39, 0.29) is 17.2 Å². The molecule has 28 heavy (non-hydrogen) atoms. The van der Waals surface area contributed by atoms with E-state index >= 15 is 0 Å². The lowest BCUT2D eigenvalue weighted by Gasteiger charge is -2.18. The highest BCUT2D eigenvalue weighted by atomic mass is 32.2. The fourth-order valence-corrected chi connectivity index (χ4v) is 3.34. The molecule has 2 aromatic rings. The highest BCUT2D eigenvalue weighted by molar-refractivity contribution is 7.89. The molecule has 0 aliphatic carbocycles. The second kappa shape index (κ2) is 9.86. The molecule has 0 aliphatic rings. The Hall–Kier alpha value is -2.91. The molecule has 0 saturated carbocycles. The third-order valence-corrected chi connectivity index (χ3v) is 5.00. The van der Waals surface area contributed by atoms with Crippen molar-refractivity contribution in [2.24, 2.45) is 0 Å². The summed E-state index contributed by atoms with van der Waals surface area (Å²) in [6, 6.07) is 14.2. The summed E-state index contributed by atoms with van der Waals surface area (Å²) in [6.45, 7) is 3.64. The summed E-state index contributed by atoms with van der Waals surface area (Å²) in [5.74, 6) is -0.333. The van der Waals surface area contributed by atoms with E-state index in [4.69, 9.17) is 4.74 Å². The lowest BCUT2D eigenvalue weighted by atomic mass is 10.0. The van der Waals surface area contributed by atoms with Crippen molar-refractivity contribution < 1.29 is 22.7 Å². The third-order valence-electron chi connectivity index (χ3n) is 3.74. The molecule has 0 fully saturated rings. The first-order valence-electron chi connectivity index (χ1n) is 8.67. The standard InChI is InChI=1S/C19H23N3O5S/c1-3-27-16-9-11-17(12-10-16)28(25,26)22-21-19(24)13-18(20-14(2)23)15-7-5-4-6-8-15/h4-12,18,22H,3,13H2,1-2H3,(H,20,23)(H,21,24)/t18-/m0/s1. The number of carbonyl (C=O) groups is 2. The van der Waals surface area contributed by atoms with Crippen LogP contribution in [-0.2, 0) is 19.6 Å². The minimum absolute atomic E-state index is 0.0160. The average molecular weight is 405 g/mol. The van der Waals surface area contributed by atoms with Crippen molar-refractivity contribution in [2.45, 2.75) is 31.2 Å². The molecule has 0 aromatic heterocycles. The van der Waals surface area contributed by atoms with Gasteiger partial charge in [-0.15, -0.1) is 4.83 Å². The highest BCUT2D eigenvalue weighted by Gasteiger charge is 2.19. The van der Waals surface area contributed by atoms with Crippen LogP contribution in [-0.4, -0.2) is 26.8 Å². The number of hydrazine groups is 1. The van der Waals surface area contributed by atoms with Gasteiger partial charge < -0.3 is 10.1 Å². The van der Waals surface area contributed by atoms with Crippen LogP contribution in [0.15, 0.2) is 59.5 Å². The van der Waals surface area contributed by atoms with Crippen molar-refractivity contribution in [3.05, 3.63) is 60.2 Å². The fourth-order valence-electron chi connectivity index (χ4n) is 2.48. The van der Waals surface area contributed by atoms with Crippen molar-refractivity contribution in [2.75, 3.05) is 6.61 Å². The molecule has 3 N–H and O–H groups in total. The molecule has 0 unspecified atom stereocenters. The molecule has 0 radical (unpaired) electrons. The molecular weight excluding hydrogens is 382 g/mol. The third kappa shape index (κ3) is 6.36. The zero-order valence-electron chi connectivity index (χ0n) is 15.6. The van der Waals surface area contributed by atoms with E-state index < -0.39 is 22.0 Å². The number of amides is 2. The Morgan fingerprint density at radius 3 is 2.25 bits per heavy atom. The maximum atomic E-state index is 12.3. The minimum Gasteiger partial charge on any atom is -0.494 e. The molecule has 9 heteroatoms. The number of hydrogen-bond acceptors (Lipinski definition) is 5. The first-order valence-corrected chi connectivity index (χ1v) is 10.2. The summed E-state index contributed by atoms with van der Waals surface area (Å²) in [5.41, 5.74) is 2.91. The highest BCUT2D eigenvalue weighted by Crippen LogP contribution is 2.17. The first-order chi connectivity index (χ1) is 13.3. The van der Waals surface area contributed by atoms with Gasteiger partial charge in [0.2, 0.25) is 11.8 Å². The zero-order chi connectivity index (χ0) is 20.6. The van der Waals surface area contributed by atoms with Crippen molar-refractivity contribution in [3.8, 4) is 5.75 Å². The Labute approximate surface area is 164 Å². The molecule has 8 nitrogen and oxygen atoms in total. The summed E-state index contributed by atoms with van der Waals surface area (Å²) < 4.78 is 29.9. The molecule has 2 amide bonds. The Balaban J connectivity index is 1.99. The van der Waals surface area contributed by atoms with Crippen LogP contribution in [0.2, 0.25) is 0 Å². The van der Waals surface area contributed by atoms with E-state index in [1.807, 2.05) is 13.0 Å². The summed E-state index contributed by atoms with van der Waals surface area (Å²) in [7, 11) is -3.94. The Morgan fingerprint density at radius 1 is 1.04 bits per heavy atom. The molecular formula is C19H23N3O5S. The number of nitrogens with one attached hydrogen (secondary N) is 3. The van der Waals surface area contributed by atoms with Gasteiger partial charge in [0.05, 0.1) is 24.0 Å². The minimum atomic E-state index is -3.94. The van der Waals surface area contributed by atoms with Gasteiger partial charge in [0.1, 0.15) is 5.75 Å². The summed E-state index contributed by atoms with van der Waals surface area (Å²) in [6.07, 6.45) is -0.130. The van der Waals surface area contributed by atoms with Gasteiger partial charge in [-0.3, -0.25) is 15.0 Å². The summed E-state index contributed by atoms with van der Waals surface area (Å²) in [4.78, 5) is 25.7. The Bertz CT molecular complexity index is 899. The molecule has 0 heterocycles. The quantitative estimate of drug-likeness (QED) is 0.549. The molecule has 1 atom stereocenters. The van der Waals surface area contributed by atoms with Gasteiger partial charge in [-0.05, 0) is 36.8 Å². The number of rotatable bonds is 9. The predicted octanol–water partition coefficient (Wildman–Crippen LogP) is 1.66. The van der Waals surface area contributed by atoms with E-state index in [9.17, 15) is 18.0 Å². The maximum Gasteiger partial charge on any atom is 0.257 e. The largest absolute Gasteiger partial charge is 0.494 e. The predicted molar refractivity (Wildman–Crippen MR) is 104 cm³/mol. The van der Waals surface area contributed by atoms with Crippen LogP contribution in [0.4, 0.5) is 0 Å². The number of ether oxygens (including phenoxy) is 1. The smallest absolute Gasteiger partial charge is 0.257 e. The van der Waals surface area contributed by atoms with Gasteiger partial charge in [-0.2, -0.15) is 0 Å². The molecule has 0 spiro atoms. The van der Waals surface area contributed by atoms with Gasteiger partial charge in [0.25, 0.3) is 10.0 Å². The van der Waals surface area contributed by atoms with E-state index in [0.29, 0.717) is 12.4 Å². The van der Waals surface area contributed by atoms with Gasteiger partial charge in [0.15, 0.2) is 0 Å². The van der Waals surface area contributed by atoms with Crippen LogP contribution in [0.25, 0.3) is 0 Å². The van der Waals surface area contributed by atoms with Crippen LogP contribution in [0, 0.1) is 0 Å². The normalized spacial score (nSPS) is 12.1. The van der Waals surface area contributed by atoms with Gasteiger partial charge in [-0.25, -0.2) is 8.42 Å². The lowest BCUT2D eigenvalue weighted by Crippen LogP contribution is -2.43. The van der Waals surface area contributed by atoms with Crippen molar-refractivity contribution in [1.82, 2.24) is 15.6 Å². The summed E-state index contributed by atoms with van der Waals surface area (Å²) >= 11 is 0. The molecule has 2 rings (SSSR count). The molecule has 0 bridgehead atoms. The number of hydrogen-bond donors (Lipinski definition) is 3. The topological polar surface area (TPSA) is 114 Å². The first kappa shape index (κ1) is 21.4.